The predicted molar refractivity (Wildman–Crippen MR) is 105 cm³/mol. The van der Waals surface area contributed by atoms with E-state index in [0.29, 0.717) is 0 Å². The van der Waals surface area contributed by atoms with Gasteiger partial charge in [-0.15, -0.1) is 6.42 Å². The second-order valence-electron chi connectivity index (χ2n) is 6.45. The summed E-state index contributed by atoms with van der Waals surface area (Å²) >= 11 is -0.826. The van der Waals surface area contributed by atoms with Crippen LogP contribution in [-0.2, 0) is 20.8 Å². The van der Waals surface area contributed by atoms with Gasteiger partial charge < -0.3 is 0 Å². The summed E-state index contributed by atoms with van der Waals surface area (Å²) in [4.78, 5) is 0. The number of halogens is 2. The van der Waals surface area contributed by atoms with E-state index in [1.165, 1.54) is 35.1 Å². The van der Waals surface area contributed by atoms with Gasteiger partial charge in [-0.2, -0.15) is 6.08 Å². The number of hydrogen-bond acceptors (Lipinski definition) is 0. The molecule has 3 rings (SSSR count). The minimum atomic E-state index is -0.826. The molecule has 0 aromatic heterocycles. The molecule has 0 spiro atoms. The minimum absolute atomic E-state index is 0.826. The molecule has 0 heterocycles. The molecule has 0 saturated heterocycles. The van der Waals surface area contributed by atoms with Gasteiger partial charge in [0.25, 0.3) is 0 Å². The standard InChI is InChI=1S/C16H22.C5H5.2ClH.Zr/c1-9-7-15(13(5)11(9)3)16-8-10(2)12(4)14(16)6;1-2-4-5-3-1;;;/h7-8H2,1-6H3;1-3H,4H2;2*1H;/q;-1;;;+2/p-2. The van der Waals surface area contributed by atoms with Crippen LogP contribution in [0.4, 0.5) is 0 Å². The first kappa shape index (κ1) is 21.9. The number of rotatable bonds is 1. The molecule has 0 saturated carbocycles. The van der Waals surface area contributed by atoms with Gasteiger partial charge in [0.15, 0.2) is 0 Å². The Morgan fingerprint density at radius 1 is 0.792 bits per heavy atom. The van der Waals surface area contributed by atoms with Gasteiger partial charge in [-0.05, 0) is 87.8 Å². The number of allylic oxidation sites excluding steroid dienone is 12. The van der Waals surface area contributed by atoms with E-state index in [-0.39, 0.29) is 0 Å². The van der Waals surface area contributed by atoms with Crippen molar-refractivity contribution >= 4 is 17.0 Å². The van der Waals surface area contributed by atoms with Crippen molar-refractivity contribution in [1.29, 1.82) is 0 Å². The fourth-order valence-electron chi connectivity index (χ4n) is 3.16. The molecule has 0 unspecified atom stereocenters. The maximum atomic E-state index is 4.93. The monoisotopic (exact) mass is 439 g/mol. The Morgan fingerprint density at radius 3 is 1.38 bits per heavy atom. The van der Waals surface area contributed by atoms with Crippen LogP contribution in [0.5, 0.6) is 0 Å². The molecule has 0 amide bonds. The van der Waals surface area contributed by atoms with Crippen LogP contribution in [0.1, 0.15) is 60.8 Å². The number of hydrogen-bond donors (Lipinski definition) is 0. The van der Waals surface area contributed by atoms with Crippen molar-refractivity contribution in [3.8, 4) is 0 Å². The van der Waals surface area contributed by atoms with Gasteiger partial charge in [-0.1, -0.05) is 11.1 Å². The molecule has 3 aliphatic rings. The zero-order valence-corrected chi connectivity index (χ0v) is 19.6. The van der Waals surface area contributed by atoms with Crippen LogP contribution in [0, 0.1) is 6.08 Å². The molecule has 0 aromatic rings. The van der Waals surface area contributed by atoms with Crippen LogP contribution in [0.3, 0.4) is 0 Å². The van der Waals surface area contributed by atoms with E-state index in [9.17, 15) is 0 Å². The van der Waals surface area contributed by atoms with Crippen molar-refractivity contribution in [3.05, 3.63) is 68.9 Å². The summed E-state index contributed by atoms with van der Waals surface area (Å²) in [5.74, 6) is 0. The average molecular weight is 442 g/mol. The summed E-state index contributed by atoms with van der Waals surface area (Å²) < 4.78 is 0. The van der Waals surface area contributed by atoms with Crippen molar-refractivity contribution in [2.75, 3.05) is 0 Å². The molecule has 0 N–H and O–H groups in total. The maximum absolute atomic E-state index is 4.93. The molecule has 3 aliphatic carbocycles. The van der Waals surface area contributed by atoms with Gasteiger partial charge in [0.1, 0.15) is 0 Å². The Hall–Kier alpha value is -0.0969. The van der Waals surface area contributed by atoms with Crippen LogP contribution < -0.4 is 0 Å². The van der Waals surface area contributed by atoms with E-state index < -0.39 is 20.8 Å². The zero-order chi connectivity index (χ0) is 18.3. The topological polar surface area (TPSA) is 0 Å². The van der Waals surface area contributed by atoms with Crippen molar-refractivity contribution in [1.82, 2.24) is 0 Å². The third-order valence-electron chi connectivity index (χ3n) is 5.14. The first-order valence-electron chi connectivity index (χ1n) is 8.26. The van der Waals surface area contributed by atoms with Gasteiger partial charge in [-0.3, -0.25) is 6.08 Å². The molecular formula is C21H27Cl2Zr-. The first-order chi connectivity index (χ1) is 11.3. The van der Waals surface area contributed by atoms with Gasteiger partial charge in [0, 0.05) is 0 Å². The Balaban J connectivity index is 0.000000298. The van der Waals surface area contributed by atoms with E-state index >= 15 is 0 Å². The Labute approximate surface area is 166 Å². The van der Waals surface area contributed by atoms with Gasteiger partial charge in [0.2, 0.25) is 0 Å². The molecule has 130 valence electrons. The average Bonchev–Trinajstić information content (AvgIpc) is 3.26. The molecule has 0 nitrogen and oxygen atoms in total. The Morgan fingerprint density at radius 2 is 1.21 bits per heavy atom. The van der Waals surface area contributed by atoms with E-state index in [2.05, 4.69) is 53.7 Å². The summed E-state index contributed by atoms with van der Waals surface area (Å²) in [6.07, 6.45) is 12.3. The summed E-state index contributed by atoms with van der Waals surface area (Å²) in [6, 6.07) is 0. The SMILES string of the molecule is CC1=C(C)C(C)=C(C2=C(C)C(C)=C(C)C2)C1.[C-]1=CC=CC1.[Cl][Zr][Cl]. The van der Waals surface area contributed by atoms with E-state index in [1.807, 2.05) is 12.2 Å². The predicted octanol–water partition coefficient (Wildman–Crippen LogP) is 7.78. The van der Waals surface area contributed by atoms with Crippen molar-refractivity contribution in [2.45, 2.75) is 60.8 Å². The molecule has 0 aromatic carbocycles. The van der Waals surface area contributed by atoms with Crippen molar-refractivity contribution in [2.24, 2.45) is 0 Å². The fraction of sp³-hybridized carbons (Fsp3) is 0.429. The summed E-state index contributed by atoms with van der Waals surface area (Å²) in [5.41, 5.74) is 12.4. The molecule has 0 radical (unpaired) electrons. The quantitative estimate of drug-likeness (QED) is 0.364. The Bertz CT molecular complexity index is 599. The van der Waals surface area contributed by atoms with Crippen LogP contribution in [0.15, 0.2) is 62.8 Å². The van der Waals surface area contributed by atoms with Gasteiger partial charge in [0.05, 0.1) is 0 Å². The zero-order valence-electron chi connectivity index (χ0n) is 15.6. The van der Waals surface area contributed by atoms with Crippen molar-refractivity contribution < 1.29 is 20.8 Å². The molecule has 3 heteroatoms. The third kappa shape index (κ3) is 5.72. The van der Waals surface area contributed by atoms with E-state index in [1.54, 1.807) is 22.3 Å². The summed E-state index contributed by atoms with van der Waals surface area (Å²) in [7, 11) is 9.87. The second-order valence-corrected chi connectivity index (χ2v) is 10.2. The molecular weight excluding hydrogens is 414 g/mol. The first-order valence-corrected chi connectivity index (χ1v) is 14.6. The molecule has 0 bridgehead atoms. The third-order valence-corrected chi connectivity index (χ3v) is 5.14. The normalized spacial score (nSPS) is 19.0. The molecule has 24 heavy (non-hydrogen) atoms. The molecule has 0 fully saturated rings. The molecule has 0 atom stereocenters. The van der Waals surface area contributed by atoms with Crippen LogP contribution >= 0.6 is 17.0 Å². The van der Waals surface area contributed by atoms with E-state index in [0.717, 1.165) is 6.42 Å². The fourth-order valence-corrected chi connectivity index (χ4v) is 3.16. The second kappa shape index (κ2) is 10.8. The van der Waals surface area contributed by atoms with Crippen LogP contribution in [-0.4, -0.2) is 0 Å². The van der Waals surface area contributed by atoms with Crippen LogP contribution in [0.2, 0.25) is 0 Å². The van der Waals surface area contributed by atoms with Crippen molar-refractivity contribution in [3.63, 3.8) is 0 Å². The summed E-state index contributed by atoms with van der Waals surface area (Å²) in [5, 5.41) is 0. The molecule has 0 aliphatic heterocycles. The Kier molecular flexibility index (Phi) is 9.87. The van der Waals surface area contributed by atoms with Gasteiger partial charge in [-0.25, -0.2) is 12.2 Å². The van der Waals surface area contributed by atoms with E-state index in [4.69, 9.17) is 17.0 Å². The van der Waals surface area contributed by atoms with Crippen LogP contribution in [0.25, 0.3) is 0 Å². The van der Waals surface area contributed by atoms with Gasteiger partial charge >= 0.3 is 37.9 Å². The summed E-state index contributed by atoms with van der Waals surface area (Å²) in [6.45, 7) is 13.6.